The van der Waals surface area contributed by atoms with Crippen LogP contribution in [0, 0.1) is 5.92 Å². The number of fused-ring (bicyclic) bond motifs is 3. The summed E-state index contributed by atoms with van der Waals surface area (Å²) in [6.07, 6.45) is 5.52. The number of halogens is 1. The van der Waals surface area contributed by atoms with Crippen LogP contribution in [0.4, 0.5) is 0 Å². The Kier molecular flexibility index (Phi) is 2.38. The molecule has 1 atom stereocenters. The van der Waals surface area contributed by atoms with Crippen molar-refractivity contribution >= 4 is 11.6 Å². The Morgan fingerprint density at radius 2 is 2.00 bits per heavy atom. The van der Waals surface area contributed by atoms with Gasteiger partial charge < -0.3 is 4.90 Å². The van der Waals surface area contributed by atoms with Crippen molar-refractivity contribution in [1.82, 2.24) is 4.90 Å². The Hall–Kier alpha value is 0.250. The van der Waals surface area contributed by atoms with Crippen LogP contribution in [-0.2, 0) is 0 Å². The number of hydrogen-bond acceptors (Lipinski definition) is 1. The van der Waals surface area contributed by atoms with E-state index >= 15 is 0 Å². The highest BCUT2D eigenvalue weighted by atomic mass is 35.5. The van der Waals surface area contributed by atoms with Gasteiger partial charge in [0, 0.05) is 11.9 Å². The maximum absolute atomic E-state index is 5.75. The summed E-state index contributed by atoms with van der Waals surface area (Å²) in [6, 6.07) is 0.833. The first-order valence-corrected chi connectivity index (χ1v) is 5.23. The van der Waals surface area contributed by atoms with Crippen LogP contribution in [0.25, 0.3) is 0 Å². The van der Waals surface area contributed by atoms with Crippen LogP contribution in [0.5, 0.6) is 0 Å². The fourth-order valence-corrected chi connectivity index (χ4v) is 2.77. The number of rotatable bonds is 2. The normalized spacial score (nSPS) is 42.8. The molecule has 3 aliphatic heterocycles. The van der Waals surface area contributed by atoms with Crippen LogP contribution < -0.4 is 0 Å². The monoisotopic (exact) mass is 173 g/mol. The van der Waals surface area contributed by atoms with Gasteiger partial charge in [-0.25, -0.2) is 0 Å². The zero-order valence-electron chi connectivity index (χ0n) is 6.93. The Labute approximate surface area is 73.7 Å². The van der Waals surface area contributed by atoms with Crippen molar-refractivity contribution in [3.05, 3.63) is 0 Å². The quantitative estimate of drug-likeness (QED) is 0.579. The molecule has 0 spiro atoms. The summed E-state index contributed by atoms with van der Waals surface area (Å²) in [5.74, 6) is 1.88. The average molecular weight is 174 g/mol. The molecule has 0 N–H and O–H groups in total. The van der Waals surface area contributed by atoms with Crippen molar-refractivity contribution in [2.45, 2.75) is 31.7 Å². The van der Waals surface area contributed by atoms with Gasteiger partial charge in [0.1, 0.15) is 0 Å². The summed E-state index contributed by atoms with van der Waals surface area (Å²) < 4.78 is 0. The predicted molar refractivity (Wildman–Crippen MR) is 48.0 cm³/mol. The number of alkyl halides is 1. The van der Waals surface area contributed by atoms with Crippen molar-refractivity contribution < 1.29 is 0 Å². The molecule has 0 aliphatic carbocycles. The van der Waals surface area contributed by atoms with E-state index < -0.39 is 0 Å². The summed E-state index contributed by atoms with van der Waals surface area (Å²) in [7, 11) is 0. The highest BCUT2D eigenvalue weighted by Crippen LogP contribution is 2.33. The smallest absolute Gasteiger partial charge is 0.0238 e. The van der Waals surface area contributed by atoms with E-state index in [2.05, 4.69) is 4.90 Å². The molecule has 0 saturated carbocycles. The summed E-state index contributed by atoms with van der Waals surface area (Å²) >= 11 is 5.75. The minimum Gasteiger partial charge on any atom is -0.300 e. The summed E-state index contributed by atoms with van der Waals surface area (Å²) in [6.45, 7) is 2.68. The summed E-state index contributed by atoms with van der Waals surface area (Å²) in [5, 5.41) is 0. The highest BCUT2D eigenvalue weighted by molar-refractivity contribution is 6.17. The lowest BCUT2D eigenvalue weighted by molar-refractivity contribution is 0.0482. The van der Waals surface area contributed by atoms with E-state index in [-0.39, 0.29) is 0 Å². The van der Waals surface area contributed by atoms with Crippen molar-refractivity contribution in [1.29, 1.82) is 0 Å². The fraction of sp³-hybridized carbons (Fsp3) is 1.00. The van der Waals surface area contributed by atoms with Gasteiger partial charge in [-0.1, -0.05) is 0 Å². The van der Waals surface area contributed by atoms with Gasteiger partial charge in [-0.3, -0.25) is 0 Å². The van der Waals surface area contributed by atoms with E-state index in [4.69, 9.17) is 11.6 Å². The van der Waals surface area contributed by atoms with Gasteiger partial charge in [0.2, 0.25) is 0 Å². The maximum Gasteiger partial charge on any atom is 0.0238 e. The molecule has 3 rings (SSSR count). The molecule has 3 saturated heterocycles. The lowest BCUT2D eigenvalue weighted by Crippen LogP contribution is -2.48. The molecular formula is C9H16ClN. The van der Waals surface area contributed by atoms with Gasteiger partial charge in [-0.05, 0) is 44.7 Å². The van der Waals surface area contributed by atoms with Crippen molar-refractivity contribution in [2.24, 2.45) is 5.92 Å². The van der Waals surface area contributed by atoms with E-state index in [0.717, 1.165) is 17.8 Å². The van der Waals surface area contributed by atoms with E-state index in [1.54, 1.807) is 0 Å². The molecule has 3 heterocycles. The van der Waals surface area contributed by atoms with E-state index in [1.165, 1.54) is 38.8 Å². The van der Waals surface area contributed by atoms with Gasteiger partial charge in [0.05, 0.1) is 0 Å². The number of hydrogen-bond donors (Lipinski definition) is 0. The first-order chi connectivity index (χ1) is 5.40. The molecule has 11 heavy (non-hydrogen) atoms. The van der Waals surface area contributed by atoms with Gasteiger partial charge in [0.25, 0.3) is 0 Å². The Balaban J connectivity index is 1.92. The predicted octanol–water partition coefficient (Wildman–Crippen LogP) is 2.10. The minimum atomic E-state index is 0.833. The molecule has 1 nitrogen and oxygen atoms in total. The zero-order valence-corrected chi connectivity index (χ0v) is 7.69. The first-order valence-electron chi connectivity index (χ1n) is 4.70. The lowest BCUT2D eigenvalue weighted by atomic mass is 9.82. The van der Waals surface area contributed by atoms with Crippen LogP contribution in [0.15, 0.2) is 0 Å². The average Bonchev–Trinajstić information content (AvgIpc) is 2.07. The molecule has 0 aromatic rings. The van der Waals surface area contributed by atoms with E-state index in [9.17, 15) is 0 Å². The third-order valence-electron chi connectivity index (χ3n) is 3.21. The standard InChI is InChI=1S/C9H16ClN/c10-4-1-9-7-8-2-5-11(9)6-3-8/h8-9H,1-7H2. The molecule has 3 fully saturated rings. The van der Waals surface area contributed by atoms with Gasteiger partial charge >= 0.3 is 0 Å². The first kappa shape index (κ1) is 7.88. The molecule has 0 aromatic heterocycles. The van der Waals surface area contributed by atoms with Crippen LogP contribution in [0.3, 0.4) is 0 Å². The zero-order chi connectivity index (χ0) is 7.68. The molecule has 0 amide bonds. The molecular weight excluding hydrogens is 158 g/mol. The van der Waals surface area contributed by atoms with Gasteiger partial charge in [-0.2, -0.15) is 0 Å². The van der Waals surface area contributed by atoms with Crippen molar-refractivity contribution in [3.63, 3.8) is 0 Å². The number of nitrogens with zero attached hydrogens (tertiary/aromatic N) is 1. The Morgan fingerprint density at radius 1 is 1.27 bits per heavy atom. The topological polar surface area (TPSA) is 3.24 Å². The lowest BCUT2D eigenvalue weighted by Gasteiger charge is -2.45. The largest absolute Gasteiger partial charge is 0.300 e. The van der Waals surface area contributed by atoms with Crippen LogP contribution >= 0.6 is 11.6 Å². The molecule has 2 bridgehead atoms. The molecule has 0 radical (unpaired) electrons. The van der Waals surface area contributed by atoms with Gasteiger partial charge in [-0.15, -0.1) is 11.6 Å². The second kappa shape index (κ2) is 3.32. The van der Waals surface area contributed by atoms with Crippen LogP contribution in [0.2, 0.25) is 0 Å². The highest BCUT2D eigenvalue weighted by Gasteiger charge is 2.32. The third-order valence-corrected chi connectivity index (χ3v) is 3.43. The van der Waals surface area contributed by atoms with Gasteiger partial charge in [0.15, 0.2) is 0 Å². The Morgan fingerprint density at radius 3 is 2.45 bits per heavy atom. The van der Waals surface area contributed by atoms with Crippen molar-refractivity contribution in [3.8, 4) is 0 Å². The second-order valence-electron chi connectivity index (χ2n) is 3.85. The minimum absolute atomic E-state index is 0.833. The molecule has 2 heteroatoms. The molecule has 64 valence electrons. The van der Waals surface area contributed by atoms with Crippen LogP contribution in [0.1, 0.15) is 25.7 Å². The molecule has 3 aliphatic rings. The molecule has 1 unspecified atom stereocenters. The maximum atomic E-state index is 5.75. The SMILES string of the molecule is ClCCC1CC2CCN1CC2. The fourth-order valence-electron chi connectivity index (χ4n) is 2.51. The second-order valence-corrected chi connectivity index (χ2v) is 4.22. The van der Waals surface area contributed by atoms with E-state index in [1.807, 2.05) is 0 Å². The van der Waals surface area contributed by atoms with E-state index in [0.29, 0.717) is 0 Å². The summed E-state index contributed by atoms with van der Waals surface area (Å²) in [4.78, 5) is 2.63. The van der Waals surface area contributed by atoms with Crippen LogP contribution in [-0.4, -0.2) is 29.9 Å². The van der Waals surface area contributed by atoms with Crippen molar-refractivity contribution in [2.75, 3.05) is 19.0 Å². The number of piperidine rings is 3. The third kappa shape index (κ3) is 1.54. The molecule has 0 aromatic carbocycles. The summed E-state index contributed by atoms with van der Waals surface area (Å²) in [5.41, 5.74) is 0. The Bertz CT molecular complexity index is 130.